The van der Waals surface area contributed by atoms with Gasteiger partial charge in [0.2, 0.25) is 17.4 Å². The highest BCUT2D eigenvalue weighted by Gasteiger charge is 2.14. The molecule has 1 heterocycles. The lowest BCUT2D eigenvalue weighted by molar-refractivity contribution is -0.120. The van der Waals surface area contributed by atoms with Crippen LogP contribution in [0.3, 0.4) is 0 Å². The second kappa shape index (κ2) is 6.06. The second-order valence-electron chi connectivity index (χ2n) is 2.94. The van der Waals surface area contributed by atoms with Crippen LogP contribution < -0.4 is 16.4 Å². The molecule has 0 atom stereocenters. The number of aromatic nitrogens is 2. The molecule has 90 valence electrons. The van der Waals surface area contributed by atoms with E-state index in [1.54, 1.807) is 6.07 Å². The molecule has 9 nitrogen and oxygen atoms in total. The monoisotopic (exact) mass is 238 g/mol. The number of amides is 2. The molecule has 0 aliphatic rings. The molecule has 0 aliphatic carbocycles. The van der Waals surface area contributed by atoms with Crippen LogP contribution >= 0.6 is 0 Å². The molecule has 1 aromatic rings. The minimum Gasteiger partial charge on any atom is -0.379 e. The van der Waals surface area contributed by atoms with Gasteiger partial charge in [-0.05, 0) is 10.3 Å². The average molecular weight is 238 g/mol. The number of nitrogens with one attached hydrogen (secondary N) is 2. The minimum absolute atomic E-state index is 0.101. The van der Waals surface area contributed by atoms with E-state index in [4.69, 9.17) is 11.0 Å². The van der Waals surface area contributed by atoms with Gasteiger partial charge < -0.3 is 16.4 Å². The maximum Gasteiger partial charge on any atom is 0.277 e. The van der Waals surface area contributed by atoms with E-state index >= 15 is 0 Å². The van der Waals surface area contributed by atoms with Crippen LogP contribution in [0.4, 0.5) is 5.82 Å². The third-order valence-corrected chi connectivity index (χ3v) is 1.70. The lowest BCUT2D eigenvalue weighted by Crippen LogP contribution is -2.34. The summed E-state index contributed by atoms with van der Waals surface area (Å²) in [5.41, 5.74) is 5.20. The quantitative estimate of drug-likeness (QED) is 0.524. The number of rotatable bonds is 5. The Bertz CT molecular complexity index is 448. The Labute approximate surface area is 95.9 Å². The van der Waals surface area contributed by atoms with Gasteiger partial charge in [0, 0.05) is 13.1 Å². The first-order chi connectivity index (χ1) is 8.15. The number of nitrogen functional groups attached to an aromatic ring is 1. The molecule has 4 N–H and O–H groups in total. The van der Waals surface area contributed by atoms with E-state index in [0.29, 0.717) is 0 Å². The second-order valence-corrected chi connectivity index (χ2v) is 2.94. The summed E-state index contributed by atoms with van der Waals surface area (Å²) >= 11 is 0. The van der Waals surface area contributed by atoms with E-state index in [2.05, 4.69) is 25.6 Å². The van der Waals surface area contributed by atoms with Crippen molar-refractivity contribution >= 4 is 17.6 Å². The Morgan fingerprint density at radius 3 is 2.65 bits per heavy atom. The number of anilines is 1. The Morgan fingerprint density at radius 2 is 2.06 bits per heavy atom. The molecule has 1 aromatic heterocycles. The van der Waals surface area contributed by atoms with Crippen molar-refractivity contribution in [3.05, 3.63) is 5.69 Å². The number of hydrogen-bond acceptors (Lipinski definition) is 7. The number of carbonyl (C=O) groups is 2. The van der Waals surface area contributed by atoms with E-state index in [-0.39, 0.29) is 31.0 Å². The molecule has 0 unspecified atom stereocenters. The molecule has 0 radical (unpaired) electrons. The summed E-state index contributed by atoms with van der Waals surface area (Å²) < 4.78 is 4.25. The standard InChI is InChI=1S/C8H10N6O3/c9-2-1-5(15)11-3-4-12-8(16)6-7(10)14-17-13-6/h1,3-4H2,(H2,10,14)(H,11,15)(H,12,16). The predicted molar refractivity (Wildman–Crippen MR) is 54.3 cm³/mol. The van der Waals surface area contributed by atoms with E-state index in [1.807, 2.05) is 0 Å². The Morgan fingerprint density at radius 1 is 1.35 bits per heavy atom. The smallest absolute Gasteiger partial charge is 0.277 e. The summed E-state index contributed by atoms with van der Waals surface area (Å²) in [5.74, 6) is -1.04. The van der Waals surface area contributed by atoms with Crippen molar-refractivity contribution in [3.8, 4) is 6.07 Å². The zero-order valence-corrected chi connectivity index (χ0v) is 8.77. The first-order valence-corrected chi connectivity index (χ1v) is 4.65. The molecule has 0 aromatic carbocycles. The van der Waals surface area contributed by atoms with Gasteiger partial charge in [0.25, 0.3) is 5.91 Å². The Hall–Kier alpha value is -2.63. The third kappa shape index (κ3) is 3.78. The van der Waals surface area contributed by atoms with E-state index < -0.39 is 11.8 Å². The molecular weight excluding hydrogens is 228 g/mol. The van der Waals surface area contributed by atoms with Gasteiger partial charge in [0.05, 0.1) is 6.07 Å². The summed E-state index contributed by atoms with van der Waals surface area (Å²) in [4.78, 5) is 22.2. The van der Waals surface area contributed by atoms with Crippen molar-refractivity contribution in [2.75, 3.05) is 18.8 Å². The highest BCUT2D eigenvalue weighted by atomic mass is 16.6. The molecule has 2 amide bonds. The van der Waals surface area contributed by atoms with E-state index in [9.17, 15) is 9.59 Å². The first kappa shape index (κ1) is 12.4. The maximum atomic E-state index is 11.4. The van der Waals surface area contributed by atoms with Gasteiger partial charge in [-0.1, -0.05) is 0 Å². The van der Waals surface area contributed by atoms with Gasteiger partial charge in [-0.3, -0.25) is 9.59 Å². The predicted octanol–water partition coefficient (Wildman–Crippen LogP) is -1.59. The van der Waals surface area contributed by atoms with Crippen LogP contribution in [-0.2, 0) is 4.79 Å². The van der Waals surface area contributed by atoms with Crippen molar-refractivity contribution in [2.45, 2.75) is 6.42 Å². The minimum atomic E-state index is -0.543. The van der Waals surface area contributed by atoms with Crippen LogP contribution in [0.5, 0.6) is 0 Å². The van der Waals surface area contributed by atoms with Crippen LogP contribution in [0, 0.1) is 11.3 Å². The number of nitrogens with zero attached hydrogens (tertiary/aromatic N) is 3. The third-order valence-electron chi connectivity index (χ3n) is 1.70. The van der Waals surface area contributed by atoms with Crippen LogP contribution in [0.2, 0.25) is 0 Å². The SMILES string of the molecule is N#CCC(=O)NCCNC(=O)c1nonc1N. The van der Waals surface area contributed by atoms with Gasteiger partial charge in [0.15, 0.2) is 0 Å². The lowest BCUT2D eigenvalue weighted by Gasteiger charge is -2.03. The average Bonchev–Trinajstić information content (AvgIpc) is 2.71. The molecule has 0 spiro atoms. The number of nitriles is 1. The number of hydrogen-bond donors (Lipinski definition) is 3. The Balaban J connectivity index is 2.24. The number of nitrogens with two attached hydrogens (primary N) is 1. The van der Waals surface area contributed by atoms with Gasteiger partial charge in [0.1, 0.15) is 6.42 Å². The summed E-state index contributed by atoms with van der Waals surface area (Å²) in [5, 5.41) is 19.6. The van der Waals surface area contributed by atoms with Gasteiger partial charge in [-0.25, -0.2) is 4.63 Å². The summed E-state index contributed by atoms with van der Waals surface area (Å²) in [6.45, 7) is 0.389. The number of carbonyl (C=O) groups excluding carboxylic acids is 2. The highest BCUT2D eigenvalue weighted by molar-refractivity contribution is 5.95. The molecule has 0 fully saturated rings. The van der Waals surface area contributed by atoms with Gasteiger partial charge >= 0.3 is 0 Å². The van der Waals surface area contributed by atoms with Crippen molar-refractivity contribution < 1.29 is 14.2 Å². The fraction of sp³-hybridized carbons (Fsp3) is 0.375. The van der Waals surface area contributed by atoms with Gasteiger partial charge in [-0.2, -0.15) is 5.26 Å². The van der Waals surface area contributed by atoms with Crippen molar-refractivity contribution in [2.24, 2.45) is 0 Å². The first-order valence-electron chi connectivity index (χ1n) is 4.65. The molecule has 0 aliphatic heterocycles. The summed E-state index contributed by atoms with van der Waals surface area (Å²) in [6.07, 6.45) is -0.214. The zero-order valence-electron chi connectivity index (χ0n) is 8.77. The molecule has 9 heteroatoms. The molecule has 0 bridgehead atoms. The molecule has 1 rings (SSSR count). The van der Waals surface area contributed by atoms with E-state index in [0.717, 1.165) is 0 Å². The fourth-order valence-corrected chi connectivity index (χ4v) is 0.949. The summed E-state index contributed by atoms with van der Waals surface area (Å²) in [6, 6.07) is 1.70. The molecular formula is C8H10N6O3. The molecule has 0 saturated carbocycles. The maximum absolute atomic E-state index is 11.4. The van der Waals surface area contributed by atoms with Crippen LogP contribution in [0.1, 0.15) is 16.9 Å². The summed E-state index contributed by atoms with van der Waals surface area (Å²) in [7, 11) is 0. The topological polar surface area (TPSA) is 147 Å². The highest BCUT2D eigenvalue weighted by Crippen LogP contribution is 2.02. The zero-order chi connectivity index (χ0) is 12.7. The van der Waals surface area contributed by atoms with E-state index in [1.165, 1.54) is 0 Å². The normalized spacial score (nSPS) is 9.35. The van der Waals surface area contributed by atoms with Crippen molar-refractivity contribution in [3.63, 3.8) is 0 Å². The van der Waals surface area contributed by atoms with Crippen molar-refractivity contribution in [1.29, 1.82) is 5.26 Å². The molecule has 17 heavy (non-hydrogen) atoms. The van der Waals surface area contributed by atoms with Crippen molar-refractivity contribution in [1.82, 2.24) is 20.9 Å². The van der Waals surface area contributed by atoms with Crippen LogP contribution in [0.25, 0.3) is 0 Å². The van der Waals surface area contributed by atoms with Crippen LogP contribution in [-0.4, -0.2) is 35.2 Å². The fourth-order valence-electron chi connectivity index (χ4n) is 0.949. The van der Waals surface area contributed by atoms with Gasteiger partial charge in [-0.15, -0.1) is 0 Å². The van der Waals surface area contributed by atoms with Crippen LogP contribution in [0.15, 0.2) is 4.63 Å². The lowest BCUT2D eigenvalue weighted by atomic mass is 10.4. The largest absolute Gasteiger partial charge is 0.379 e. The Kier molecular flexibility index (Phi) is 4.44. The molecule has 0 saturated heterocycles.